The number of ether oxygens (including phenoxy) is 1. The molecule has 0 amide bonds. The summed E-state index contributed by atoms with van der Waals surface area (Å²) in [6, 6.07) is 26.6. The molecule has 1 aliphatic heterocycles. The third kappa shape index (κ3) is 5.78. The molecule has 0 unspecified atom stereocenters. The zero-order valence-electron chi connectivity index (χ0n) is 20.5. The van der Waals surface area contributed by atoms with Crippen molar-refractivity contribution in [3.05, 3.63) is 114 Å². The fraction of sp³-hybridized carbons (Fsp3) is 0.233. The summed E-state index contributed by atoms with van der Waals surface area (Å²) in [7, 11) is 1.40. The molecule has 0 spiro atoms. The average molecular weight is 479 g/mol. The van der Waals surface area contributed by atoms with E-state index in [1.807, 2.05) is 42.7 Å². The Morgan fingerprint density at radius 1 is 0.778 bits per heavy atom. The minimum Gasteiger partial charge on any atom is -0.465 e. The Bertz CT molecular complexity index is 1280. The molecule has 6 heteroatoms. The Morgan fingerprint density at radius 3 is 2.17 bits per heavy atom. The van der Waals surface area contributed by atoms with Crippen molar-refractivity contribution in [3.63, 3.8) is 0 Å². The first kappa shape index (κ1) is 23.7. The monoisotopic (exact) mass is 478 g/mol. The van der Waals surface area contributed by atoms with Crippen LogP contribution in [0.15, 0.2) is 91.3 Å². The van der Waals surface area contributed by atoms with Gasteiger partial charge in [0.2, 0.25) is 5.95 Å². The van der Waals surface area contributed by atoms with E-state index in [9.17, 15) is 4.79 Å². The first-order valence-corrected chi connectivity index (χ1v) is 12.3. The standard InChI is InChI=1S/C30H30N4O2/c1-36-29(35)27-12-10-26(11-13-27)28-9-5-8-24(19-28)22-33-14-16-34(17-15-33)30-31-20-25(21-32-30)18-23-6-3-2-4-7-23/h2-13,19-21H,14-18,22H2,1H3. The molecule has 3 aromatic carbocycles. The topological polar surface area (TPSA) is 58.6 Å². The van der Waals surface area contributed by atoms with Gasteiger partial charge in [-0.2, -0.15) is 0 Å². The summed E-state index contributed by atoms with van der Waals surface area (Å²) >= 11 is 0. The fourth-order valence-electron chi connectivity index (χ4n) is 4.56. The second-order valence-electron chi connectivity index (χ2n) is 9.09. The van der Waals surface area contributed by atoms with E-state index in [4.69, 9.17) is 4.74 Å². The second kappa shape index (κ2) is 11.1. The average Bonchev–Trinajstić information content (AvgIpc) is 2.94. The van der Waals surface area contributed by atoms with E-state index >= 15 is 0 Å². The summed E-state index contributed by atoms with van der Waals surface area (Å²) < 4.78 is 4.79. The highest BCUT2D eigenvalue weighted by molar-refractivity contribution is 5.90. The molecule has 0 radical (unpaired) electrons. The predicted molar refractivity (Wildman–Crippen MR) is 142 cm³/mol. The van der Waals surface area contributed by atoms with Crippen LogP contribution in [0, 0.1) is 0 Å². The molecule has 1 fully saturated rings. The molecular formula is C30H30N4O2. The van der Waals surface area contributed by atoms with Gasteiger partial charge in [0.15, 0.2) is 0 Å². The molecule has 0 N–H and O–H groups in total. The van der Waals surface area contributed by atoms with Gasteiger partial charge in [-0.05, 0) is 46.0 Å². The lowest BCUT2D eigenvalue weighted by Gasteiger charge is -2.34. The predicted octanol–water partition coefficient (Wildman–Crippen LogP) is 4.84. The van der Waals surface area contributed by atoms with E-state index < -0.39 is 0 Å². The van der Waals surface area contributed by atoms with Gasteiger partial charge >= 0.3 is 5.97 Å². The number of esters is 1. The molecule has 6 nitrogen and oxygen atoms in total. The number of piperazine rings is 1. The van der Waals surface area contributed by atoms with E-state index in [1.54, 1.807) is 0 Å². The maximum atomic E-state index is 11.7. The van der Waals surface area contributed by atoms with Crippen molar-refractivity contribution < 1.29 is 9.53 Å². The van der Waals surface area contributed by atoms with Crippen LogP contribution in [0.1, 0.15) is 27.0 Å². The molecular weight excluding hydrogens is 448 g/mol. The Labute approximate surface area is 212 Å². The van der Waals surface area contributed by atoms with Crippen LogP contribution in [0.25, 0.3) is 11.1 Å². The zero-order chi connectivity index (χ0) is 24.7. The number of hydrogen-bond donors (Lipinski definition) is 0. The van der Waals surface area contributed by atoms with Gasteiger partial charge in [0.25, 0.3) is 0 Å². The number of anilines is 1. The van der Waals surface area contributed by atoms with Crippen molar-refractivity contribution in [1.29, 1.82) is 0 Å². The zero-order valence-corrected chi connectivity index (χ0v) is 20.5. The van der Waals surface area contributed by atoms with Crippen LogP contribution in [0.4, 0.5) is 5.95 Å². The normalized spacial score (nSPS) is 14.0. The number of carbonyl (C=O) groups is 1. The van der Waals surface area contributed by atoms with Gasteiger partial charge < -0.3 is 9.64 Å². The van der Waals surface area contributed by atoms with E-state index in [-0.39, 0.29) is 5.97 Å². The lowest BCUT2D eigenvalue weighted by Crippen LogP contribution is -2.46. The maximum absolute atomic E-state index is 11.7. The number of benzene rings is 3. The third-order valence-corrected chi connectivity index (χ3v) is 6.57. The van der Waals surface area contributed by atoms with Crippen LogP contribution in [0.3, 0.4) is 0 Å². The smallest absolute Gasteiger partial charge is 0.337 e. The van der Waals surface area contributed by atoms with Crippen molar-refractivity contribution in [2.45, 2.75) is 13.0 Å². The molecule has 0 atom stereocenters. The number of methoxy groups -OCH3 is 1. The highest BCUT2D eigenvalue weighted by atomic mass is 16.5. The first-order chi connectivity index (χ1) is 17.7. The minimum absolute atomic E-state index is 0.317. The van der Waals surface area contributed by atoms with Gasteiger partial charge in [-0.15, -0.1) is 0 Å². The summed E-state index contributed by atoms with van der Waals surface area (Å²) in [5.74, 6) is 0.492. The summed E-state index contributed by atoms with van der Waals surface area (Å²) in [4.78, 5) is 25.7. The number of nitrogens with zero attached hydrogens (tertiary/aromatic N) is 4. The molecule has 0 bridgehead atoms. The molecule has 0 saturated carbocycles. The lowest BCUT2D eigenvalue weighted by molar-refractivity contribution is 0.0600. The quantitative estimate of drug-likeness (QED) is 0.354. The van der Waals surface area contributed by atoms with E-state index in [1.165, 1.54) is 18.2 Å². The van der Waals surface area contributed by atoms with Crippen molar-refractivity contribution in [3.8, 4) is 11.1 Å². The van der Waals surface area contributed by atoms with Crippen molar-refractivity contribution in [2.24, 2.45) is 0 Å². The number of hydrogen-bond acceptors (Lipinski definition) is 6. The SMILES string of the molecule is COC(=O)c1ccc(-c2cccc(CN3CCN(c4ncc(Cc5ccccc5)cn4)CC3)c2)cc1. The molecule has 1 aromatic heterocycles. The van der Waals surface area contributed by atoms with Crippen LogP contribution in [-0.2, 0) is 17.7 Å². The molecule has 1 aliphatic rings. The molecule has 0 aliphatic carbocycles. The number of aromatic nitrogens is 2. The Hall–Kier alpha value is -4.03. The van der Waals surface area contributed by atoms with E-state index in [2.05, 4.69) is 68.3 Å². The summed E-state index contributed by atoms with van der Waals surface area (Å²) in [5.41, 5.74) is 6.46. The van der Waals surface area contributed by atoms with E-state index in [0.717, 1.165) is 61.8 Å². The highest BCUT2D eigenvalue weighted by Gasteiger charge is 2.19. The maximum Gasteiger partial charge on any atom is 0.337 e. The summed E-state index contributed by atoms with van der Waals surface area (Å²) in [5, 5.41) is 0. The molecule has 36 heavy (non-hydrogen) atoms. The summed E-state index contributed by atoms with van der Waals surface area (Å²) in [6.45, 7) is 4.65. The molecule has 2 heterocycles. The minimum atomic E-state index is -0.317. The van der Waals surface area contributed by atoms with Crippen LogP contribution >= 0.6 is 0 Å². The van der Waals surface area contributed by atoms with Crippen molar-refractivity contribution in [2.75, 3.05) is 38.2 Å². The molecule has 4 aromatic rings. The largest absolute Gasteiger partial charge is 0.465 e. The molecule has 1 saturated heterocycles. The third-order valence-electron chi connectivity index (χ3n) is 6.57. The van der Waals surface area contributed by atoms with Crippen LogP contribution < -0.4 is 4.90 Å². The van der Waals surface area contributed by atoms with Gasteiger partial charge in [-0.3, -0.25) is 4.90 Å². The van der Waals surface area contributed by atoms with Gasteiger partial charge in [0.1, 0.15) is 0 Å². The Morgan fingerprint density at radius 2 is 1.47 bits per heavy atom. The Kier molecular flexibility index (Phi) is 7.33. The van der Waals surface area contributed by atoms with Crippen LogP contribution in [-0.4, -0.2) is 54.1 Å². The number of carbonyl (C=O) groups excluding carboxylic acids is 1. The second-order valence-corrected chi connectivity index (χ2v) is 9.09. The first-order valence-electron chi connectivity index (χ1n) is 12.3. The van der Waals surface area contributed by atoms with Gasteiger partial charge in [-0.25, -0.2) is 14.8 Å². The van der Waals surface area contributed by atoms with Crippen molar-refractivity contribution >= 4 is 11.9 Å². The fourth-order valence-corrected chi connectivity index (χ4v) is 4.56. The van der Waals surface area contributed by atoms with Gasteiger partial charge in [0, 0.05) is 51.5 Å². The number of rotatable bonds is 7. The highest BCUT2D eigenvalue weighted by Crippen LogP contribution is 2.23. The van der Waals surface area contributed by atoms with E-state index in [0.29, 0.717) is 5.56 Å². The van der Waals surface area contributed by atoms with Crippen molar-refractivity contribution in [1.82, 2.24) is 14.9 Å². The Balaban J connectivity index is 1.16. The molecule has 182 valence electrons. The van der Waals surface area contributed by atoms with Gasteiger partial charge in [-0.1, -0.05) is 60.7 Å². The summed E-state index contributed by atoms with van der Waals surface area (Å²) in [6.07, 6.45) is 4.75. The van der Waals surface area contributed by atoms with Crippen LogP contribution in [0.2, 0.25) is 0 Å². The molecule has 5 rings (SSSR count). The van der Waals surface area contributed by atoms with Crippen LogP contribution in [0.5, 0.6) is 0 Å². The van der Waals surface area contributed by atoms with Gasteiger partial charge in [0.05, 0.1) is 12.7 Å². The lowest BCUT2D eigenvalue weighted by atomic mass is 10.0.